The molecule has 210 valence electrons. The molecule has 0 radical (unpaired) electrons. The lowest BCUT2D eigenvalue weighted by Crippen LogP contribution is -2.64. The fraction of sp³-hybridized carbons (Fsp3) is 0.560. The van der Waals surface area contributed by atoms with E-state index in [1.807, 2.05) is 32.0 Å². The van der Waals surface area contributed by atoms with Crippen LogP contribution in [0.1, 0.15) is 38.8 Å². The summed E-state index contributed by atoms with van der Waals surface area (Å²) in [5, 5.41) is 2.55. The highest BCUT2D eigenvalue weighted by atomic mass is 16.8. The summed E-state index contributed by atoms with van der Waals surface area (Å²) in [5.41, 5.74) is 1.85. The molecule has 0 spiro atoms. The van der Waals surface area contributed by atoms with Gasteiger partial charge in [-0.2, -0.15) is 0 Å². The number of carbonyl (C=O) groups excluding carboxylic acids is 5. The Kier molecular flexibility index (Phi) is 10.9. The van der Waals surface area contributed by atoms with E-state index in [9.17, 15) is 24.0 Å². The van der Waals surface area contributed by atoms with Gasteiger partial charge in [0.2, 0.25) is 12.4 Å². The third kappa shape index (κ3) is 8.33. The van der Waals surface area contributed by atoms with E-state index >= 15 is 0 Å². The number of alkyl carbamates (subject to hydrolysis) is 1. The first-order chi connectivity index (χ1) is 17.8. The first-order valence-corrected chi connectivity index (χ1v) is 11.7. The molecule has 6 atom stereocenters. The second-order valence-electron chi connectivity index (χ2n) is 8.65. The van der Waals surface area contributed by atoms with Gasteiger partial charge < -0.3 is 38.5 Å². The minimum Gasteiger partial charge on any atom is -0.491 e. The van der Waals surface area contributed by atoms with E-state index in [0.717, 1.165) is 39.0 Å². The number of esters is 4. The molecule has 13 heteroatoms. The fourth-order valence-electron chi connectivity index (χ4n) is 3.79. The summed E-state index contributed by atoms with van der Waals surface area (Å²) >= 11 is 0. The number of methoxy groups -OCH3 is 1. The normalized spacial score (nSPS) is 23.3. The Morgan fingerprint density at radius 3 is 1.92 bits per heavy atom. The molecule has 1 heterocycles. The van der Waals surface area contributed by atoms with E-state index in [-0.39, 0.29) is 6.61 Å². The first kappa shape index (κ1) is 30.4. The molecule has 2 rings (SSSR count). The predicted molar refractivity (Wildman–Crippen MR) is 128 cm³/mol. The number of rotatable bonds is 9. The number of para-hydroxylation sites is 1. The van der Waals surface area contributed by atoms with Gasteiger partial charge in [0.15, 0.2) is 18.3 Å². The molecule has 1 aromatic rings. The maximum atomic E-state index is 12.7. The van der Waals surface area contributed by atoms with Gasteiger partial charge in [-0.3, -0.25) is 14.4 Å². The molecule has 0 saturated carbocycles. The number of hydrogen-bond donors (Lipinski definition) is 1. The van der Waals surface area contributed by atoms with Crippen LogP contribution < -0.4 is 10.1 Å². The van der Waals surface area contributed by atoms with Crippen LogP contribution >= 0.6 is 0 Å². The minimum atomic E-state index is -1.74. The monoisotopic (exact) mass is 539 g/mol. The topological polar surface area (TPSA) is 162 Å². The van der Waals surface area contributed by atoms with Crippen LogP contribution in [0.5, 0.6) is 5.75 Å². The van der Waals surface area contributed by atoms with Crippen molar-refractivity contribution in [2.75, 3.05) is 13.7 Å². The van der Waals surface area contributed by atoms with Gasteiger partial charge in [0.1, 0.15) is 12.4 Å². The lowest BCUT2D eigenvalue weighted by Gasteiger charge is -2.42. The second-order valence-corrected chi connectivity index (χ2v) is 8.65. The van der Waals surface area contributed by atoms with Crippen molar-refractivity contribution in [3.63, 3.8) is 0 Å². The molecule has 0 aromatic heterocycles. The van der Waals surface area contributed by atoms with E-state index in [0.29, 0.717) is 5.75 Å². The van der Waals surface area contributed by atoms with E-state index < -0.39 is 66.7 Å². The molecule has 1 saturated heterocycles. The second kappa shape index (κ2) is 13.6. The zero-order valence-electron chi connectivity index (χ0n) is 22.3. The highest BCUT2D eigenvalue weighted by molar-refractivity contribution is 5.77. The maximum Gasteiger partial charge on any atom is 0.409 e. The summed E-state index contributed by atoms with van der Waals surface area (Å²) in [4.78, 5) is 60.6. The van der Waals surface area contributed by atoms with Crippen LogP contribution in [0.25, 0.3) is 0 Å². The Balaban J connectivity index is 2.23. The number of nitrogens with one attached hydrogen (secondary N) is 1. The van der Waals surface area contributed by atoms with Gasteiger partial charge in [-0.05, 0) is 31.9 Å². The molecule has 38 heavy (non-hydrogen) atoms. The number of ether oxygens (including phenoxy) is 7. The molecule has 1 aliphatic rings. The molecule has 0 bridgehead atoms. The summed E-state index contributed by atoms with van der Waals surface area (Å²) in [6.07, 6.45) is -9.16. The molecular weight excluding hydrogens is 506 g/mol. The molecule has 13 nitrogen and oxygen atoms in total. The Morgan fingerprint density at radius 2 is 1.39 bits per heavy atom. The van der Waals surface area contributed by atoms with Crippen molar-refractivity contribution >= 4 is 30.0 Å². The van der Waals surface area contributed by atoms with Gasteiger partial charge in [0.05, 0.1) is 13.2 Å². The van der Waals surface area contributed by atoms with E-state index in [1.165, 1.54) is 0 Å². The van der Waals surface area contributed by atoms with Crippen LogP contribution in [0.15, 0.2) is 18.2 Å². The number of aryl methyl sites for hydroxylation is 2. The van der Waals surface area contributed by atoms with Crippen molar-refractivity contribution in [1.82, 2.24) is 5.32 Å². The molecule has 0 aliphatic carbocycles. The highest BCUT2D eigenvalue weighted by Gasteiger charge is 2.56. The molecule has 1 amide bonds. The van der Waals surface area contributed by atoms with Crippen LogP contribution in [-0.4, -0.2) is 80.4 Å². The Hall–Kier alpha value is -3.87. The molecule has 1 aliphatic heterocycles. The summed E-state index contributed by atoms with van der Waals surface area (Å²) in [6, 6.07) is 5.14. The fourth-order valence-corrected chi connectivity index (χ4v) is 3.79. The minimum absolute atomic E-state index is 0.0923. The van der Waals surface area contributed by atoms with Gasteiger partial charge in [-0.25, -0.2) is 9.59 Å². The van der Waals surface area contributed by atoms with Gasteiger partial charge in [0.25, 0.3) is 0 Å². The third-order valence-electron chi connectivity index (χ3n) is 5.31. The largest absolute Gasteiger partial charge is 0.491 e. The van der Waals surface area contributed by atoms with Gasteiger partial charge in [0, 0.05) is 20.8 Å². The van der Waals surface area contributed by atoms with Gasteiger partial charge in [-0.15, -0.1) is 0 Å². The quantitative estimate of drug-likeness (QED) is 0.356. The van der Waals surface area contributed by atoms with Crippen LogP contribution in [0.2, 0.25) is 0 Å². The number of benzene rings is 1. The van der Waals surface area contributed by atoms with Crippen molar-refractivity contribution in [1.29, 1.82) is 0 Å². The van der Waals surface area contributed by atoms with E-state index in [2.05, 4.69) is 5.32 Å². The summed E-state index contributed by atoms with van der Waals surface area (Å²) in [5.74, 6) is -2.88. The van der Waals surface area contributed by atoms with Gasteiger partial charge in [-0.1, -0.05) is 18.2 Å². The average Bonchev–Trinajstić information content (AvgIpc) is 2.80. The van der Waals surface area contributed by atoms with Crippen LogP contribution in [-0.2, 0) is 47.6 Å². The third-order valence-corrected chi connectivity index (χ3v) is 5.31. The van der Waals surface area contributed by atoms with Crippen molar-refractivity contribution in [3.05, 3.63) is 29.3 Å². The maximum absolute atomic E-state index is 12.7. The van der Waals surface area contributed by atoms with Crippen molar-refractivity contribution in [2.45, 2.75) is 78.3 Å². The van der Waals surface area contributed by atoms with Crippen LogP contribution in [0.4, 0.5) is 4.79 Å². The zero-order valence-corrected chi connectivity index (χ0v) is 22.3. The van der Waals surface area contributed by atoms with E-state index in [4.69, 9.17) is 33.2 Å². The summed E-state index contributed by atoms with van der Waals surface area (Å²) < 4.78 is 37.0. The lowest BCUT2D eigenvalue weighted by molar-refractivity contribution is -0.288. The SMILES string of the molecule is COC(=O)[C@H]1O[C@@H](OC(=O)N[C@H](C)COc2c(C)cccc2C)[C@H](OC(C)=O)[C@@H](OC(C)=O)[C@@H]1OC(C)=O. The Labute approximate surface area is 220 Å². The van der Waals surface area contributed by atoms with Crippen molar-refractivity contribution in [3.8, 4) is 5.75 Å². The molecule has 0 unspecified atom stereocenters. The number of carbonyl (C=O) groups is 5. The molecular formula is C25H33NO12. The standard InChI is InChI=1S/C25H33NO12/c1-12-9-8-10-13(2)18(12)33-11-14(3)26-25(31)38-24-22(36-17(6)29)20(35-16(5)28)19(34-15(4)27)21(37-24)23(30)32-7/h8-10,14,19-22,24H,11H2,1-7H3,(H,26,31)/t14-,19+,20+,21+,22-,24+/m1/s1. The molecule has 1 N–H and O–H groups in total. The summed E-state index contributed by atoms with van der Waals surface area (Å²) in [6.45, 7) is 8.71. The zero-order chi connectivity index (χ0) is 28.6. The lowest BCUT2D eigenvalue weighted by atomic mass is 9.97. The molecule has 1 aromatic carbocycles. The number of hydrogen-bond acceptors (Lipinski definition) is 12. The molecule has 1 fully saturated rings. The highest BCUT2D eigenvalue weighted by Crippen LogP contribution is 2.30. The van der Waals surface area contributed by atoms with Crippen LogP contribution in [0, 0.1) is 13.8 Å². The average molecular weight is 540 g/mol. The van der Waals surface area contributed by atoms with Crippen LogP contribution in [0.3, 0.4) is 0 Å². The number of amides is 1. The first-order valence-electron chi connectivity index (χ1n) is 11.7. The predicted octanol–water partition coefficient (Wildman–Crippen LogP) is 1.49. The van der Waals surface area contributed by atoms with Gasteiger partial charge >= 0.3 is 30.0 Å². The Morgan fingerprint density at radius 1 is 0.868 bits per heavy atom. The van der Waals surface area contributed by atoms with Crippen molar-refractivity contribution in [2.24, 2.45) is 0 Å². The van der Waals surface area contributed by atoms with Crippen molar-refractivity contribution < 1.29 is 57.1 Å². The Bertz CT molecular complexity index is 1020. The van der Waals surface area contributed by atoms with E-state index in [1.54, 1.807) is 6.92 Å². The summed E-state index contributed by atoms with van der Waals surface area (Å²) in [7, 11) is 1.05. The smallest absolute Gasteiger partial charge is 0.409 e.